The summed E-state index contributed by atoms with van der Waals surface area (Å²) in [5.41, 5.74) is 0.537. The van der Waals surface area contributed by atoms with Gasteiger partial charge in [0.1, 0.15) is 0 Å². The number of anilines is 1. The van der Waals surface area contributed by atoms with Gasteiger partial charge >= 0.3 is 0 Å². The van der Waals surface area contributed by atoms with Crippen molar-refractivity contribution in [3.05, 3.63) is 59.3 Å². The Kier molecular flexibility index (Phi) is 7.23. The fraction of sp³-hybridized carbons (Fsp3) is 0.381. The van der Waals surface area contributed by atoms with Crippen LogP contribution in [0.25, 0.3) is 0 Å². The van der Waals surface area contributed by atoms with Crippen molar-refractivity contribution in [1.29, 1.82) is 0 Å². The Morgan fingerprint density at radius 2 is 1.97 bits per heavy atom. The molecule has 3 rings (SSSR count). The molecular formula is C21H27N3O3S2. The number of carbonyl (C=O) groups is 1. The van der Waals surface area contributed by atoms with Crippen LogP contribution in [-0.2, 0) is 21.4 Å². The number of hydrogen-bond donors (Lipinski definition) is 1. The molecular weight excluding hydrogens is 406 g/mol. The lowest BCUT2D eigenvalue weighted by Crippen LogP contribution is -2.39. The molecule has 6 nitrogen and oxygen atoms in total. The van der Waals surface area contributed by atoms with Crippen LogP contribution in [0.4, 0.5) is 5.69 Å². The monoisotopic (exact) mass is 433 g/mol. The molecule has 0 atom stereocenters. The van der Waals surface area contributed by atoms with Crippen LogP contribution in [0.3, 0.4) is 0 Å². The van der Waals surface area contributed by atoms with Crippen LogP contribution in [0.15, 0.2) is 59.3 Å². The number of likely N-dealkylation sites (tertiary alicyclic amines) is 1. The molecule has 156 valence electrons. The number of amides is 1. The van der Waals surface area contributed by atoms with Gasteiger partial charge in [-0.3, -0.25) is 9.69 Å². The second-order valence-corrected chi connectivity index (χ2v) is 10.4. The third-order valence-corrected chi connectivity index (χ3v) is 7.90. The Labute approximate surface area is 176 Å². The van der Waals surface area contributed by atoms with E-state index in [4.69, 9.17) is 0 Å². The number of nitrogens with one attached hydrogen (secondary N) is 1. The van der Waals surface area contributed by atoms with Crippen LogP contribution < -0.4 is 5.32 Å². The predicted molar refractivity (Wildman–Crippen MR) is 117 cm³/mol. The van der Waals surface area contributed by atoms with E-state index in [2.05, 4.69) is 34.3 Å². The van der Waals surface area contributed by atoms with E-state index >= 15 is 0 Å². The van der Waals surface area contributed by atoms with Gasteiger partial charge in [-0.2, -0.15) is 0 Å². The summed E-state index contributed by atoms with van der Waals surface area (Å²) in [5, 5.41) is 4.71. The molecule has 0 radical (unpaired) electrons. The smallest absolute Gasteiger partial charge is 0.247 e. The van der Waals surface area contributed by atoms with Crippen LogP contribution in [0.5, 0.6) is 0 Å². The van der Waals surface area contributed by atoms with Crippen molar-refractivity contribution in [3.63, 3.8) is 0 Å². The second kappa shape index (κ2) is 9.67. The maximum atomic E-state index is 12.9. The first-order valence-electron chi connectivity index (χ1n) is 9.63. The summed E-state index contributed by atoms with van der Waals surface area (Å²) in [6.45, 7) is 6.88. The molecule has 1 fully saturated rings. The van der Waals surface area contributed by atoms with Gasteiger partial charge in [-0.1, -0.05) is 12.6 Å². The summed E-state index contributed by atoms with van der Waals surface area (Å²) in [5.74, 6) is 0.0312. The molecule has 1 aliphatic heterocycles. The maximum absolute atomic E-state index is 12.9. The molecule has 0 spiro atoms. The fourth-order valence-electron chi connectivity index (χ4n) is 3.50. The molecule has 1 N–H and O–H groups in total. The number of piperidine rings is 1. The number of thiophene rings is 1. The number of benzene rings is 1. The summed E-state index contributed by atoms with van der Waals surface area (Å²) in [4.78, 5) is 15.4. The second-order valence-electron chi connectivity index (χ2n) is 7.30. The molecule has 2 aromatic rings. The molecule has 1 aromatic carbocycles. The topological polar surface area (TPSA) is 69.7 Å². The lowest BCUT2D eigenvalue weighted by molar-refractivity contribution is -0.111. The Bertz CT molecular complexity index is 917. The van der Waals surface area contributed by atoms with Crippen molar-refractivity contribution in [2.45, 2.75) is 24.3 Å². The molecule has 1 aromatic heterocycles. The molecule has 0 bridgehead atoms. The first-order valence-corrected chi connectivity index (χ1v) is 11.9. The van der Waals surface area contributed by atoms with Crippen LogP contribution in [0.1, 0.15) is 17.7 Å². The summed E-state index contributed by atoms with van der Waals surface area (Å²) in [7, 11) is -1.92. The van der Waals surface area contributed by atoms with Crippen molar-refractivity contribution in [1.82, 2.24) is 9.21 Å². The molecule has 1 aliphatic rings. The van der Waals surface area contributed by atoms with E-state index in [0.717, 1.165) is 32.5 Å². The van der Waals surface area contributed by atoms with Crippen LogP contribution in [-0.4, -0.2) is 50.2 Å². The average Bonchev–Trinajstić information content (AvgIpc) is 3.22. The summed E-state index contributed by atoms with van der Waals surface area (Å²) in [6, 6.07) is 10.5. The van der Waals surface area contributed by atoms with E-state index in [9.17, 15) is 13.2 Å². The number of sulfonamides is 1. The normalized spacial score (nSPS) is 16.1. The van der Waals surface area contributed by atoms with Crippen LogP contribution in [0, 0.1) is 5.92 Å². The molecule has 0 aliphatic carbocycles. The molecule has 0 unspecified atom stereocenters. The van der Waals surface area contributed by atoms with Crippen molar-refractivity contribution >= 4 is 33.0 Å². The quantitative estimate of drug-likeness (QED) is 0.648. The van der Waals surface area contributed by atoms with Gasteiger partial charge in [-0.25, -0.2) is 12.7 Å². The standard InChI is InChI=1S/C21H27N3O3S2/c1-3-21(25)22-18-6-8-20(9-7-18)29(26,27)23(2)15-17-10-12-24(13-11-17)16-19-5-4-14-28-19/h3-9,14,17H,1,10-13,15-16H2,2H3,(H,22,25). The number of rotatable bonds is 8. The van der Waals surface area contributed by atoms with Crippen LogP contribution >= 0.6 is 11.3 Å². The largest absolute Gasteiger partial charge is 0.323 e. The minimum Gasteiger partial charge on any atom is -0.323 e. The van der Waals surface area contributed by atoms with Gasteiger partial charge in [-0.15, -0.1) is 11.3 Å². The van der Waals surface area contributed by atoms with Gasteiger partial charge in [0.05, 0.1) is 4.90 Å². The van der Waals surface area contributed by atoms with Gasteiger partial charge in [0.25, 0.3) is 0 Å². The van der Waals surface area contributed by atoms with Gasteiger partial charge in [0.15, 0.2) is 0 Å². The zero-order valence-corrected chi connectivity index (χ0v) is 18.2. The van der Waals surface area contributed by atoms with E-state index in [1.54, 1.807) is 30.5 Å². The molecule has 1 saturated heterocycles. The third-order valence-electron chi connectivity index (χ3n) is 5.20. The Morgan fingerprint density at radius 1 is 1.28 bits per heavy atom. The van der Waals surface area contributed by atoms with Crippen molar-refractivity contribution in [3.8, 4) is 0 Å². The molecule has 0 saturated carbocycles. The first-order chi connectivity index (χ1) is 13.9. The number of hydrogen-bond acceptors (Lipinski definition) is 5. The van der Waals surface area contributed by atoms with Gasteiger partial charge in [-0.05, 0) is 73.6 Å². The Hall–Kier alpha value is -2.00. The van der Waals surface area contributed by atoms with Gasteiger partial charge in [0, 0.05) is 30.7 Å². The molecule has 8 heteroatoms. The Balaban J connectivity index is 1.53. The fourth-order valence-corrected chi connectivity index (χ4v) is 5.49. The molecule has 29 heavy (non-hydrogen) atoms. The number of carbonyl (C=O) groups excluding carboxylic acids is 1. The average molecular weight is 434 g/mol. The minimum atomic E-state index is -3.56. The third kappa shape index (κ3) is 5.76. The van der Waals surface area contributed by atoms with E-state index in [0.29, 0.717) is 18.2 Å². The SMILES string of the molecule is C=CC(=O)Nc1ccc(S(=O)(=O)N(C)CC2CCN(Cc3cccs3)CC2)cc1. The zero-order valence-electron chi connectivity index (χ0n) is 16.6. The van der Waals surface area contributed by atoms with E-state index < -0.39 is 10.0 Å². The predicted octanol–water partition coefficient (Wildman–Crippen LogP) is 3.41. The van der Waals surface area contributed by atoms with Crippen molar-refractivity contribution in [2.75, 3.05) is 32.0 Å². The summed E-state index contributed by atoms with van der Waals surface area (Å²) < 4.78 is 27.2. The number of nitrogens with zero attached hydrogens (tertiary/aromatic N) is 2. The zero-order chi connectivity index (χ0) is 20.9. The lowest BCUT2D eigenvalue weighted by Gasteiger charge is -2.33. The first kappa shape index (κ1) is 21.7. The van der Waals surface area contributed by atoms with Crippen LogP contribution in [0.2, 0.25) is 0 Å². The highest BCUT2D eigenvalue weighted by atomic mass is 32.2. The maximum Gasteiger partial charge on any atom is 0.247 e. The highest BCUT2D eigenvalue weighted by Crippen LogP contribution is 2.24. The highest BCUT2D eigenvalue weighted by molar-refractivity contribution is 7.89. The lowest BCUT2D eigenvalue weighted by atomic mass is 9.97. The van der Waals surface area contributed by atoms with E-state index in [1.165, 1.54) is 27.4 Å². The summed E-state index contributed by atoms with van der Waals surface area (Å²) >= 11 is 1.78. The van der Waals surface area contributed by atoms with E-state index in [1.807, 2.05) is 0 Å². The van der Waals surface area contributed by atoms with Crippen molar-refractivity contribution in [2.24, 2.45) is 5.92 Å². The summed E-state index contributed by atoms with van der Waals surface area (Å²) in [6.07, 6.45) is 3.17. The molecule has 2 heterocycles. The van der Waals surface area contributed by atoms with E-state index in [-0.39, 0.29) is 10.8 Å². The van der Waals surface area contributed by atoms with Gasteiger partial charge < -0.3 is 5.32 Å². The van der Waals surface area contributed by atoms with Crippen molar-refractivity contribution < 1.29 is 13.2 Å². The van der Waals surface area contributed by atoms with Gasteiger partial charge in [0.2, 0.25) is 15.9 Å². The highest BCUT2D eigenvalue weighted by Gasteiger charge is 2.26. The molecule has 1 amide bonds. The Morgan fingerprint density at radius 3 is 2.55 bits per heavy atom. The minimum absolute atomic E-state index is 0.228.